The van der Waals surface area contributed by atoms with E-state index in [-0.39, 0.29) is 12.6 Å². The van der Waals surface area contributed by atoms with Crippen molar-refractivity contribution in [1.82, 2.24) is 10.6 Å². The number of urea groups is 1. The highest BCUT2D eigenvalue weighted by molar-refractivity contribution is 5.81. The summed E-state index contributed by atoms with van der Waals surface area (Å²) >= 11 is 0. The van der Waals surface area contributed by atoms with Crippen molar-refractivity contribution in [2.24, 2.45) is 17.1 Å². The van der Waals surface area contributed by atoms with Gasteiger partial charge in [0.25, 0.3) is 0 Å². The van der Waals surface area contributed by atoms with E-state index in [1.807, 2.05) is 0 Å². The molecule has 21 heavy (non-hydrogen) atoms. The van der Waals surface area contributed by atoms with Crippen LogP contribution in [0.4, 0.5) is 4.79 Å². The summed E-state index contributed by atoms with van der Waals surface area (Å²) in [6.07, 6.45) is 5.17. The standard InChI is InChI=1S/C15H29N3O3/c1-11-6-4-5-7-12(11)21-9-8-17-14(20)18-10-15(2,3)13(16)19/h11-12H,4-10H2,1-3H3,(H2,16,19)(H2,17,18,20)/t11-,12+/m1/s1. The zero-order chi connectivity index (χ0) is 15.9. The molecular formula is C15H29N3O3. The molecule has 6 nitrogen and oxygen atoms in total. The number of nitrogens with one attached hydrogen (secondary N) is 2. The maximum absolute atomic E-state index is 11.6. The van der Waals surface area contributed by atoms with Gasteiger partial charge in [0.2, 0.25) is 5.91 Å². The average Bonchev–Trinajstić information content (AvgIpc) is 2.43. The van der Waals surface area contributed by atoms with Crippen LogP contribution >= 0.6 is 0 Å². The van der Waals surface area contributed by atoms with Crippen LogP contribution in [0.15, 0.2) is 0 Å². The van der Waals surface area contributed by atoms with Crippen LogP contribution in [-0.4, -0.2) is 37.7 Å². The molecule has 0 unspecified atom stereocenters. The number of carbonyl (C=O) groups excluding carboxylic acids is 2. The van der Waals surface area contributed by atoms with Gasteiger partial charge < -0.3 is 21.1 Å². The van der Waals surface area contributed by atoms with Gasteiger partial charge in [0.05, 0.1) is 18.1 Å². The van der Waals surface area contributed by atoms with Gasteiger partial charge in [-0.3, -0.25) is 4.79 Å². The monoisotopic (exact) mass is 299 g/mol. The summed E-state index contributed by atoms with van der Waals surface area (Å²) in [5.41, 5.74) is 4.50. The Balaban J connectivity index is 2.12. The molecule has 6 heteroatoms. The SMILES string of the molecule is C[C@@H]1CCCC[C@@H]1OCCNC(=O)NCC(C)(C)C(N)=O. The maximum atomic E-state index is 11.6. The van der Waals surface area contributed by atoms with E-state index < -0.39 is 11.3 Å². The van der Waals surface area contributed by atoms with Crippen LogP contribution in [0.1, 0.15) is 46.5 Å². The minimum absolute atomic E-state index is 0.217. The van der Waals surface area contributed by atoms with E-state index in [4.69, 9.17) is 10.5 Å². The van der Waals surface area contributed by atoms with E-state index in [0.29, 0.717) is 25.2 Å². The number of nitrogens with two attached hydrogens (primary N) is 1. The largest absolute Gasteiger partial charge is 0.376 e. The average molecular weight is 299 g/mol. The third-order valence-electron chi connectivity index (χ3n) is 4.11. The smallest absolute Gasteiger partial charge is 0.314 e. The maximum Gasteiger partial charge on any atom is 0.314 e. The lowest BCUT2D eigenvalue weighted by Crippen LogP contribution is -2.46. The molecule has 3 amide bonds. The van der Waals surface area contributed by atoms with Gasteiger partial charge in [-0.15, -0.1) is 0 Å². The van der Waals surface area contributed by atoms with Gasteiger partial charge in [-0.05, 0) is 32.6 Å². The van der Waals surface area contributed by atoms with E-state index in [1.54, 1.807) is 13.8 Å². The molecule has 1 aliphatic carbocycles. The molecule has 4 N–H and O–H groups in total. The number of hydrogen-bond acceptors (Lipinski definition) is 3. The Morgan fingerprint density at radius 2 is 1.90 bits per heavy atom. The lowest BCUT2D eigenvalue weighted by Gasteiger charge is -2.28. The number of carbonyl (C=O) groups is 2. The summed E-state index contributed by atoms with van der Waals surface area (Å²) in [5.74, 6) is 0.168. The molecule has 0 radical (unpaired) electrons. The van der Waals surface area contributed by atoms with Crippen molar-refractivity contribution in [3.8, 4) is 0 Å². The molecule has 0 heterocycles. The van der Waals surface area contributed by atoms with Crippen molar-refractivity contribution >= 4 is 11.9 Å². The highest BCUT2D eigenvalue weighted by Gasteiger charge is 2.25. The van der Waals surface area contributed by atoms with Crippen LogP contribution in [-0.2, 0) is 9.53 Å². The fraction of sp³-hybridized carbons (Fsp3) is 0.867. The van der Waals surface area contributed by atoms with E-state index >= 15 is 0 Å². The molecule has 0 aromatic rings. The van der Waals surface area contributed by atoms with Gasteiger partial charge in [0.1, 0.15) is 0 Å². The first-order valence-corrected chi connectivity index (χ1v) is 7.76. The fourth-order valence-corrected chi connectivity index (χ4v) is 2.36. The molecule has 122 valence electrons. The van der Waals surface area contributed by atoms with Gasteiger partial charge in [0.15, 0.2) is 0 Å². The van der Waals surface area contributed by atoms with Crippen molar-refractivity contribution in [1.29, 1.82) is 0 Å². The number of primary amides is 1. The van der Waals surface area contributed by atoms with Crippen molar-refractivity contribution in [3.05, 3.63) is 0 Å². The van der Waals surface area contributed by atoms with Crippen LogP contribution in [0.25, 0.3) is 0 Å². The summed E-state index contributed by atoms with van der Waals surface area (Å²) in [4.78, 5) is 22.7. The second-order valence-corrected chi connectivity index (χ2v) is 6.53. The number of amides is 3. The summed E-state index contributed by atoms with van der Waals surface area (Å²) in [5, 5.41) is 5.37. The van der Waals surface area contributed by atoms with Gasteiger partial charge in [-0.25, -0.2) is 4.79 Å². The van der Waals surface area contributed by atoms with Crippen LogP contribution in [0.5, 0.6) is 0 Å². The highest BCUT2D eigenvalue weighted by Crippen LogP contribution is 2.25. The van der Waals surface area contributed by atoms with Crippen LogP contribution in [0, 0.1) is 11.3 Å². The van der Waals surface area contributed by atoms with Crippen molar-refractivity contribution in [2.75, 3.05) is 19.7 Å². The van der Waals surface area contributed by atoms with Crippen LogP contribution in [0.2, 0.25) is 0 Å². The predicted molar refractivity (Wildman–Crippen MR) is 81.7 cm³/mol. The molecule has 0 spiro atoms. The molecule has 0 saturated heterocycles. The third-order valence-corrected chi connectivity index (χ3v) is 4.11. The minimum atomic E-state index is -0.745. The Labute approximate surface area is 127 Å². The lowest BCUT2D eigenvalue weighted by molar-refractivity contribution is -0.125. The first-order valence-electron chi connectivity index (χ1n) is 7.76. The zero-order valence-electron chi connectivity index (χ0n) is 13.4. The Bertz CT molecular complexity index is 358. The van der Waals surface area contributed by atoms with Gasteiger partial charge >= 0.3 is 6.03 Å². The van der Waals surface area contributed by atoms with Crippen LogP contribution < -0.4 is 16.4 Å². The Hall–Kier alpha value is -1.30. The second-order valence-electron chi connectivity index (χ2n) is 6.53. The van der Waals surface area contributed by atoms with Crippen molar-refractivity contribution in [2.45, 2.75) is 52.6 Å². The zero-order valence-corrected chi connectivity index (χ0v) is 13.4. The van der Waals surface area contributed by atoms with Crippen molar-refractivity contribution in [3.63, 3.8) is 0 Å². The molecule has 2 atom stereocenters. The first kappa shape index (κ1) is 17.8. The molecule has 1 aliphatic rings. The van der Waals surface area contributed by atoms with Gasteiger partial charge in [0, 0.05) is 13.1 Å². The topological polar surface area (TPSA) is 93.4 Å². The summed E-state index contributed by atoms with van der Waals surface area (Å²) < 4.78 is 5.81. The molecule has 0 aliphatic heterocycles. The molecule has 1 fully saturated rings. The predicted octanol–water partition coefficient (Wildman–Crippen LogP) is 1.39. The Kier molecular flexibility index (Phi) is 6.95. The Morgan fingerprint density at radius 3 is 2.52 bits per heavy atom. The summed E-state index contributed by atoms with van der Waals surface area (Å²) in [6.45, 7) is 6.81. The van der Waals surface area contributed by atoms with Crippen molar-refractivity contribution < 1.29 is 14.3 Å². The minimum Gasteiger partial charge on any atom is -0.376 e. The molecule has 0 aromatic heterocycles. The highest BCUT2D eigenvalue weighted by atomic mass is 16.5. The number of rotatable bonds is 7. The van der Waals surface area contributed by atoms with Gasteiger partial charge in [-0.1, -0.05) is 19.8 Å². The molecular weight excluding hydrogens is 270 g/mol. The van der Waals surface area contributed by atoms with E-state index in [0.717, 1.165) is 6.42 Å². The third kappa shape index (κ3) is 6.33. The normalized spacial score (nSPS) is 22.6. The number of ether oxygens (including phenoxy) is 1. The van der Waals surface area contributed by atoms with E-state index in [2.05, 4.69) is 17.6 Å². The molecule has 1 rings (SSSR count). The first-order chi connectivity index (χ1) is 9.83. The van der Waals surface area contributed by atoms with E-state index in [1.165, 1.54) is 19.3 Å². The Morgan fingerprint density at radius 1 is 1.24 bits per heavy atom. The summed E-state index contributed by atoms with van der Waals surface area (Å²) in [7, 11) is 0. The lowest BCUT2D eigenvalue weighted by atomic mass is 9.88. The molecule has 1 saturated carbocycles. The van der Waals surface area contributed by atoms with E-state index in [9.17, 15) is 9.59 Å². The second kappa shape index (κ2) is 8.22. The molecule has 0 bridgehead atoms. The summed E-state index contributed by atoms with van der Waals surface area (Å²) in [6, 6.07) is -0.301. The molecule has 0 aromatic carbocycles. The quantitative estimate of drug-likeness (QED) is 0.620. The van der Waals surface area contributed by atoms with Gasteiger partial charge in [-0.2, -0.15) is 0 Å². The van der Waals surface area contributed by atoms with Crippen LogP contribution in [0.3, 0.4) is 0 Å². The fourth-order valence-electron chi connectivity index (χ4n) is 2.36. The number of hydrogen-bond donors (Lipinski definition) is 3.